The van der Waals surface area contributed by atoms with E-state index in [1.165, 1.54) is 5.69 Å². The summed E-state index contributed by atoms with van der Waals surface area (Å²) in [5.41, 5.74) is 5.12. The molecule has 1 N–H and O–H groups in total. The molecular weight excluding hydrogens is 424 g/mol. The maximum absolute atomic E-state index is 9.41. The molecular formula is C27H32N6O. The van der Waals surface area contributed by atoms with E-state index in [1.54, 1.807) is 0 Å². The molecule has 0 amide bonds. The van der Waals surface area contributed by atoms with E-state index in [1.807, 2.05) is 26.0 Å². The molecule has 0 saturated carbocycles. The van der Waals surface area contributed by atoms with E-state index in [9.17, 15) is 5.26 Å². The van der Waals surface area contributed by atoms with Gasteiger partial charge in [-0.1, -0.05) is 18.2 Å². The van der Waals surface area contributed by atoms with Crippen molar-refractivity contribution in [2.45, 2.75) is 39.3 Å². The van der Waals surface area contributed by atoms with Crippen molar-refractivity contribution in [3.8, 4) is 6.07 Å². The van der Waals surface area contributed by atoms with Gasteiger partial charge in [0.1, 0.15) is 0 Å². The second-order valence-electron chi connectivity index (χ2n) is 9.81. The van der Waals surface area contributed by atoms with Crippen molar-refractivity contribution in [1.29, 1.82) is 5.26 Å². The van der Waals surface area contributed by atoms with Crippen LogP contribution in [0.25, 0.3) is 10.8 Å². The number of hydrogen-bond donors (Lipinski definition) is 1. The van der Waals surface area contributed by atoms with Gasteiger partial charge in [-0.15, -0.1) is 5.10 Å². The number of fused-ring (bicyclic) bond motifs is 1. The molecule has 1 atom stereocenters. The van der Waals surface area contributed by atoms with Crippen molar-refractivity contribution in [2.24, 2.45) is 0 Å². The van der Waals surface area contributed by atoms with Crippen LogP contribution in [0.2, 0.25) is 0 Å². The number of morpholine rings is 1. The molecule has 7 heteroatoms. The summed E-state index contributed by atoms with van der Waals surface area (Å²) in [5.74, 6) is 0.771. The van der Waals surface area contributed by atoms with Gasteiger partial charge in [-0.2, -0.15) is 10.4 Å². The third kappa shape index (κ3) is 3.97. The van der Waals surface area contributed by atoms with Crippen molar-refractivity contribution < 1.29 is 4.74 Å². The summed E-state index contributed by atoms with van der Waals surface area (Å²) in [6.07, 6.45) is 0. The van der Waals surface area contributed by atoms with Crippen LogP contribution in [0.3, 0.4) is 0 Å². The molecule has 2 fully saturated rings. The number of benzene rings is 2. The molecule has 7 nitrogen and oxygen atoms in total. The van der Waals surface area contributed by atoms with Gasteiger partial charge in [-0.05, 0) is 57.0 Å². The highest BCUT2D eigenvalue weighted by Crippen LogP contribution is 2.36. The molecule has 0 spiro atoms. The number of aryl methyl sites for hydroxylation is 1. The maximum Gasteiger partial charge on any atom is 0.157 e. The summed E-state index contributed by atoms with van der Waals surface area (Å²) < 4.78 is 5.54. The van der Waals surface area contributed by atoms with E-state index in [4.69, 9.17) is 4.74 Å². The molecule has 2 aromatic carbocycles. The van der Waals surface area contributed by atoms with E-state index in [2.05, 4.69) is 69.5 Å². The van der Waals surface area contributed by atoms with Gasteiger partial charge in [0, 0.05) is 42.6 Å². The Labute approximate surface area is 201 Å². The van der Waals surface area contributed by atoms with E-state index < -0.39 is 0 Å². The number of rotatable bonds is 5. The van der Waals surface area contributed by atoms with Gasteiger partial charge < -0.3 is 15.0 Å². The van der Waals surface area contributed by atoms with Gasteiger partial charge in [-0.3, -0.25) is 4.90 Å². The van der Waals surface area contributed by atoms with E-state index >= 15 is 0 Å². The van der Waals surface area contributed by atoms with E-state index in [0.717, 1.165) is 72.8 Å². The Balaban J connectivity index is 1.41. The van der Waals surface area contributed by atoms with Gasteiger partial charge >= 0.3 is 0 Å². The Hall–Kier alpha value is -3.21. The van der Waals surface area contributed by atoms with Gasteiger partial charge in [0.15, 0.2) is 5.82 Å². The second kappa shape index (κ2) is 8.86. The van der Waals surface area contributed by atoms with Crippen LogP contribution in [0.15, 0.2) is 36.4 Å². The zero-order valence-electron chi connectivity index (χ0n) is 20.4. The number of hydrogen-bond acceptors (Lipinski definition) is 7. The standard InChI is InChI=1S/C27H32N6O/c1-18-21(15-28)6-5-7-23(18)19(2)29-26-25-14-22(8-9-24(25)20(3)30-31-26)32-16-27(4,17-32)33-10-12-34-13-11-33/h5-9,14,19H,10-13,16-17H2,1-4H3,(H,29,31). The molecule has 0 bridgehead atoms. The smallest absolute Gasteiger partial charge is 0.157 e. The predicted octanol–water partition coefficient (Wildman–Crippen LogP) is 4.20. The second-order valence-corrected chi connectivity index (χ2v) is 9.81. The minimum Gasteiger partial charge on any atom is -0.379 e. The van der Waals surface area contributed by atoms with Crippen LogP contribution in [-0.4, -0.2) is 60.0 Å². The van der Waals surface area contributed by atoms with E-state index in [-0.39, 0.29) is 11.6 Å². The van der Waals surface area contributed by atoms with Crippen LogP contribution in [0.4, 0.5) is 11.5 Å². The SMILES string of the molecule is Cc1c(C#N)cccc1C(C)Nc1nnc(C)c2ccc(N3CC(C)(N4CCOCC4)C3)cc12. The first-order valence-electron chi connectivity index (χ1n) is 12.0. The molecule has 3 aromatic rings. The molecule has 2 saturated heterocycles. The summed E-state index contributed by atoms with van der Waals surface area (Å²) >= 11 is 0. The molecule has 3 heterocycles. The lowest BCUT2D eigenvalue weighted by molar-refractivity contribution is -0.0265. The monoisotopic (exact) mass is 456 g/mol. The highest BCUT2D eigenvalue weighted by atomic mass is 16.5. The van der Waals surface area contributed by atoms with Crippen LogP contribution in [0.1, 0.15) is 42.3 Å². The van der Waals surface area contributed by atoms with Crippen LogP contribution in [0, 0.1) is 25.2 Å². The number of nitrogens with zero attached hydrogens (tertiary/aromatic N) is 5. The summed E-state index contributed by atoms with van der Waals surface area (Å²) in [6, 6.07) is 14.7. The lowest BCUT2D eigenvalue weighted by atomic mass is 9.88. The minimum absolute atomic E-state index is 0.00853. The van der Waals surface area contributed by atoms with Crippen LogP contribution >= 0.6 is 0 Å². The summed E-state index contributed by atoms with van der Waals surface area (Å²) in [5, 5.41) is 24.1. The first-order valence-corrected chi connectivity index (χ1v) is 12.0. The third-order valence-electron chi connectivity index (χ3n) is 7.47. The molecule has 0 aliphatic carbocycles. The van der Waals surface area contributed by atoms with Crippen molar-refractivity contribution in [2.75, 3.05) is 49.6 Å². The fourth-order valence-electron chi connectivity index (χ4n) is 5.37. The Kier molecular flexibility index (Phi) is 5.88. The van der Waals surface area contributed by atoms with Gasteiger partial charge in [0.05, 0.1) is 42.1 Å². The lowest BCUT2D eigenvalue weighted by Crippen LogP contribution is -2.70. The Morgan fingerprint density at radius 1 is 1.09 bits per heavy atom. The van der Waals surface area contributed by atoms with Crippen LogP contribution < -0.4 is 10.2 Å². The Morgan fingerprint density at radius 3 is 2.59 bits per heavy atom. The van der Waals surface area contributed by atoms with Gasteiger partial charge in [0.25, 0.3) is 0 Å². The molecule has 1 unspecified atom stereocenters. The van der Waals surface area contributed by atoms with Crippen LogP contribution in [0.5, 0.6) is 0 Å². The van der Waals surface area contributed by atoms with Gasteiger partial charge in [-0.25, -0.2) is 0 Å². The molecule has 176 valence electrons. The Morgan fingerprint density at radius 2 is 1.85 bits per heavy atom. The third-order valence-corrected chi connectivity index (χ3v) is 7.47. The lowest BCUT2D eigenvalue weighted by Gasteiger charge is -2.56. The van der Waals surface area contributed by atoms with Crippen molar-refractivity contribution >= 4 is 22.3 Å². The zero-order chi connectivity index (χ0) is 23.9. The van der Waals surface area contributed by atoms with Gasteiger partial charge in [0.2, 0.25) is 0 Å². The number of ether oxygens (including phenoxy) is 1. The zero-order valence-corrected chi connectivity index (χ0v) is 20.4. The predicted molar refractivity (Wildman–Crippen MR) is 135 cm³/mol. The maximum atomic E-state index is 9.41. The number of nitrogens with one attached hydrogen (secondary N) is 1. The number of anilines is 2. The molecule has 5 rings (SSSR count). The average Bonchev–Trinajstić information content (AvgIpc) is 2.84. The Bertz CT molecular complexity index is 1250. The topological polar surface area (TPSA) is 77.3 Å². The summed E-state index contributed by atoms with van der Waals surface area (Å²) in [7, 11) is 0. The van der Waals surface area contributed by atoms with Crippen molar-refractivity contribution in [3.63, 3.8) is 0 Å². The van der Waals surface area contributed by atoms with Crippen molar-refractivity contribution in [3.05, 3.63) is 58.8 Å². The largest absolute Gasteiger partial charge is 0.379 e. The normalized spacial score (nSPS) is 18.9. The quantitative estimate of drug-likeness (QED) is 0.616. The molecule has 1 aromatic heterocycles. The average molecular weight is 457 g/mol. The highest BCUT2D eigenvalue weighted by Gasteiger charge is 2.44. The van der Waals surface area contributed by atoms with Crippen LogP contribution in [-0.2, 0) is 4.74 Å². The number of aromatic nitrogens is 2. The highest BCUT2D eigenvalue weighted by molar-refractivity contribution is 5.95. The fourth-order valence-corrected chi connectivity index (χ4v) is 5.37. The van der Waals surface area contributed by atoms with E-state index in [0.29, 0.717) is 5.56 Å². The minimum atomic E-state index is -0.00853. The number of nitriles is 1. The molecule has 34 heavy (non-hydrogen) atoms. The summed E-state index contributed by atoms with van der Waals surface area (Å²) in [4.78, 5) is 5.01. The summed E-state index contributed by atoms with van der Waals surface area (Å²) in [6.45, 7) is 14.2. The van der Waals surface area contributed by atoms with Crippen molar-refractivity contribution in [1.82, 2.24) is 15.1 Å². The fraction of sp³-hybridized carbons (Fsp3) is 0.444. The molecule has 0 radical (unpaired) electrons. The first-order chi connectivity index (χ1) is 16.4. The first kappa shape index (κ1) is 22.6. The molecule has 2 aliphatic heterocycles. The molecule has 2 aliphatic rings.